The van der Waals surface area contributed by atoms with Crippen molar-refractivity contribution in [3.63, 3.8) is 0 Å². The first kappa shape index (κ1) is 24.3. The lowest BCUT2D eigenvalue weighted by molar-refractivity contribution is -0.137. The van der Waals surface area contributed by atoms with Crippen molar-refractivity contribution in [2.75, 3.05) is 13.2 Å². The van der Waals surface area contributed by atoms with Crippen molar-refractivity contribution in [2.45, 2.75) is 25.7 Å². The van der Waals surface area contributed by atoms with Crippen molar-refractivity contribution in [1.82, 2.24) is 4.57 Å². The third-order valence-electron chi connectivity index (χ3n) is 5.49. The smallest absolute Gasteiger partial charge is 0.416 e. The average molecular weight is 485 g/mol. The number of aromatic nitrogens is 1. The molecule has 3 aromatic carbocycles. The topological polar surface area (TPSA) is 77.8 Å². The Kier molecular flexibility index (Phi) is 6.79. The fourth-order valence-electron chi connectivity index (χ4n) is 3.86. The highest BCUT2D eigenvalue weighted by molar-refractivity contribution is 5.94. The van der Waals surface area contributed by atoms with Crippen LogP contribution in [0.2, 0.25) is 0 Å². The first-order chi connectivity index (χ1) is 16.7. The van der Waals surface area contributed by atoms with E-state index in [4.69, 9.17) is 9.47 Å². The molecule has 0 aliphatic carbocycles. The monoisotopic (exact) mass is 485 g/mol. The van der Waals surface area contributed by atoms with Crippen molar-refractivity contribution >= 4 is 27.6 Å². The zero-order valence-electron chi connectivity index (χ0n) is 18.7. The lowest BCUT2D eigenvalue weighted by Crippen LogP contribution is -2.27. The molecule has 0 spiro atoms. The summed E-state index contributed by atoms with van der Waals surface area (Å²) in [6.45, 7) is 1.19. The van der Waals surface area contributed by atoms with Gasteiger partial charge < -0.3 is 19.1 Å². The fourth-order valence-corrected chi connectivity index (χ4v) is 3.86. The number of esters is 1. The van der Waals surface area contributed by atoms with Crippen LogP contribution in [0.4, 0.5) is 13.2 Å². The van der Waals surface area contributed by atoms with Gasteiger partial charge in [0.25, 0.3) is 0 Å². The van der Waals surface area contributed by atoms with E-state index in [-0.39, 0.29) is 36.2 Å². The number of hydrogen-bond acceptors (Lipinski definition) is 5. The summed E-state index contributed by atoms with van der Waals surface area (Å²) in [6, 6.07) is 15.6. The Labute approximate surface area is 198 Å². The second kappa shape index (κ2) is 9.79. The number of rotatable bonds is 7. The highest BCUT2D eigenvalue weighted by atomic mass is 19.4. The molecule has 6 nitrogen and oxygen atoms in total. The van der Waals surface area contributed by atoms with E-state index >= 15 is 0 Å². The van der Waals surface area contributed by atoms with Gasteiger partial charge in [0.1, 0.15) is 24.0 Å². The van der Waals surface area contributed by atoms with Gasteiger partial charge in [0.05, 0.1) is 24.2 Å². The first-order valence-electron chi connectivity index (χ1n) is 10.9. The van der Waals surface area contributed by atoms with Crippen molar-refractivity contribution in [1.29, 1.82) is 0 Å². The number of carbonyl (C=O) groups is 1. The van der Waals surface area contributed by atoms with Crippen LogP contribution in [-0.4, -0.2) is 35.0 Å². The van der Waals surface area contributed by atoms with E-state index in [2.05, 4.69) is 0 Å². The van der Waals surface area contributed by atoms with Crippen LogP contribution in [0.5, 0.6) is 5.75 Å². The van der Waals surface area contributed by atoms with E-state index in [1.807, 2.05) is 36.4 Å². The second-order valence-corrected chi connectivity index (χ2v) is 7.92. The number of benzene rings is 3. The van der Waals surface area contributed by atoms with Crippen molar-refractivity contribution in [3.05, 3.63) is 88.2 Å². The molecule has 0 saturated carbocycles. The minimum Gasteiger partial charge on any atom is -0.490 e. The molecule has 4 rings (SSSR count). The molecule has 0 aliphatic heterocycles. The number of nitrogens with zero attached hydrogens (tertiary/aromatic N) is 1. The lowest BCUT2D eigenvalue weighted by Gasteiger charge is -2.19. The van der Waals surface area contributed by atoms with Crippen LogP contribution in [0.3, 0.4) is 0 Å². The number of ether oxygens (including phenoxy) is 2. The maximum atomic E-state index is 13.3. The van der Waals surface area contributed by atoms with E-state index in [0.717, 1.165) is 35.2 Å². The van der Waals surface area contributed by atoms with Gasteiger partial charge in [0.15, 0.2) is 0 Å². The molecule has 0 bridgehead atoms. The molecule has 9 heteroatoms. The standard InChI is InChI=1S/C26H22F3NO5/c1-2-34-25(33)21-14-30(22-12-17(26(27,28)29)10-11-20(22)24(21)32)13-18(31)15-35-23-9-5-7-16-6-3-4-8-19(16)23/h3-12,14,18,31H,2,13,15H2,1H3. The molecule has 0 radical (unpaired) electrons. The minimum atomic E-state index is -4.63. The van der Waals surface area contributed by atoms with Crippen LogP contribution in [0.15, 0.2) is 71.7 Å². The number of aliphatic hydroxyl groups excluding tert-OH is 1. The van der Waals surface area contributed by atoms with Crippen molar-refractivity contribution in [2.24, 2.45) is 0 Å². The molecule has 1 unspecified atom stereocenters. The average Bonchev–Trinajstić information content (AvgIpc) is 2.83. The number of aliphatic hydroxyl groups is 1. The maximum Gasteiger partial charge on any atom is 0.416 e. The van der Waals surface area contributed by atoms with Gasteiger partial charge in [-0.2, -0.15) is 13.2 Å². The molecule has 0 aliphatic rings. The Morgan fingerprint density at radius 3 is 2.54 bits per heavy atom. The Bertz CT molecular complexity index is 1440. The molecule has 0 fully saturated rings. The number of fused-ring (bicyclic) bond motifs is 2. The molecule has 35 heavy (non-hydrogen) atoms. The zero-order valence-corrected chi connectivity index (χ0v) is 18.7. The number of hydrogen-bond donors (Lipinski definition) is 1. The predicted molar refractivity (Wildman–Crippen MR) is 125 cm³/mol. The van der Waals surface area contributed by atoms with Crippen molar-refractivity contribution in [3.8, 4) is 5.75 Å². The van der Waals surface area contributed by atoms with Gasteiger partial charge >= 0.3 is 12.1 Å². The molecule has 4 aromatic rings. The summed E-state index contributed by atoms with van der Waals surface area (Å²) in [5.41, 5.74) is -2.10. The lowest BCUT2D eigenvalue weighted by atomic mass is 10.1. The number of alkyl halides is 3. The quantitative estimate of drug-likeness (QED) is 0.381. The molecule has 1 aromatic heterocycles. The zero-order chi connectivity index (χ0) is 25.2. The summed E-state index contributed by atoms with van der Waals surface area (Å²) in [6.07, 6.45) is -4.68. The summed E-state index contributed by atoms with van der Waals surface area (Å²) in [4.78, 5) is 25.1. The van der Waals surface area contributed by atoms with Crippen LogP contribution < -0.4 is 10.2 Å². The van der Waals surface area contributed by atoms with E-state index in [9.17, 15) is 27.9 Å². The van der Waals surface area contributed by atoms with Gasteiger partial charge in [-0.15, -0.1) is 0 Å². The second-order valence-electron chi connectivity index (χ2n) is 7.92. The third kappa shape index (κ3) is 5.14. The highest BCUT2D eigenvalue weighted by Crippen LogP contribution is 2.31. The van der Waals surface area contributed by atoms with Crippen LogP contribution in [-0.2, 0) is 17.5 Å². The van der Waals surface area contributed by atoms with E-state index < -0.39 is 29.2 Å². The van der Waals surface area contributed by atoms with E-state index in [1.54, 1.807) is 13.0 Å². The van der Waals surface area contributed by atoms with E-state index in [1.165, 1.54) is 4.57 Å². The molecular weight excluding hydrogens is 463 g/mol. The van der Waals surface area contributed by atoms with Gasteiger partial charge in [-0.25, -0.2) is 4.79 Å². The first-order valence-corrected chi connectivity index (χ1v) is 10.9. The van der Waals surface area contributed by atoms with Crippen molar-refractivity contribution < 1.29 is 32.5 Å². The minimum absolute atomic E-state index is 0.0187. The fraction of sp³-hybridized carbons (Fsp3) is 0.231. The Balaban J connectivity index is 1.68. The van der Waals surface area contributed by atoms with E-state index in [0.29, 0.717) is 5.75 Å². The normalized spacial score (nSPS) is 12.6. The van der Waals surface area contributed by atoms with Gasteiger partial charge in [0.2, 0.25) is 5.43 Å². The molecule has 182 valence electrons. The predicted octanol–water partition coefficient (Wildman–Crippen LogP) is 4.79. The SMILES string of the molecule is CCOC(=O)c1cn(CC(O)COc2cccc3ccccc23)c2cc(C(F)(F)F)ccc2c1=O. The van der Waals surface area contributed by atoms with Crippen LogP contribution in [0, 0.1) is 0 Å². The highest BCUT2D eigenvalue weighted by Gasteiger charge is 2.31. The molecule has 1 heterocycles. The van der Waals surface area contributed by atoms with Gasteiger partial charge in [-0.05, 0) is 36.6 Å². The molecular formula is C26H22F3NO5. The summed E-state index contributed by atoms with van der Waals surface area (Å²) < 4.78 is 51.9. The number of carbonyl (C=O) groups excluding carboxylic acids is 1. The van der Waals surface area contributed by atoms with Gasteiger partial charge in [-0.1, -0.05) is 36.4 Å². The molecule has 1 N–H and O–H groups in total. The Morgan fingerprint density at radius 2 is 1.80 bits per heavy atom. The maximum absolute atomic E-state index is 13.3. The van der Waals surface area contributed by atoms with Gasteiger partial charge in [0, 0.05) is 17.0 Å². The van der Waals surface area contributed by atoms with Crippen LogP contribution in [0.1, 0.15) is 22.8 Å². The number of pyridine rings is 1. The summed E-state index contributed by atoms with van der Waals surface area (Å²) in [5, 5.41) is 12.4. The third-order valence-corrected chi connectivity index (χ3v) is 5.49. The summed E-state index contributed by atoms with van der Waals surface area (Å²) >= 11 is 0. The summed E-state index contributed by atoms with van der Waals surface area (Å²) in [5.74, 6) is -0.354. The molecule has 0 saturated heterocycles. The molecule has 1 atom stereocenters. The largest absolute Gasteiger partial charge is 0.490 e. The summed E-state index contributed by atoms with van der Waals surface area (Å²) in [7, 11) is 0. The van der Waals surface area contributed by atoms with Gasteiger partial charge in [-0.3, -0.25) is 4.79 Å². The number of halogens is 3. The van der Waals surface area contributed by atoms with Crippen LogP contribution in [0.25, 0.3) is 21.7 Å². The van der Waals surface area contributed by atoms with Crippen LogP contribution >= 0.6 is 0 Å². The molecule has 0 amide bonds. The Morgan fingerprint density at radius 1 is 1.06 bits per heavy atom. The Hall–Kier alpha value is -3.85.